The number of nitrogens with zero attached hydrogens (tertiary/aromatic N) is 2. The van der Waals surface area contributed by atoms with Crippen molar-refractivity contribution in [2.45, 2.75) is 0 Å². The Labute approximate surface area is 110 Å². The summed E-state index contributed by atoms with van der Waals surface area (Å²) in [5, 5.41) is 13.0. The van der Waals surface area contributed by atoms with Gasteiger partial charge in [0, 0.05) is 12.1 Å². The Kier molecular flexibility index (Phi) is 3.44. The molecule has 20 heavy (non-hydrogen) atoms. The Morgan fingerprint density at radius 1 is 1.30 bits per heavy atom. The Hall–Kier alpha value is -2.81. The van der Waals surface area contributed by atoms with Crippen LogP contribution >= 0.6 is 0 Å². The second kappa shape index (κ2) is 5.05. The normalized spacial score (nSPS) is 10.3. The summed E-state index contributed by atoms with van der Waals surface area (Å²) in [5.74, 6) is 0.984. The molecule has 1 heterocycles. The molecule has 2 rings (SSSR count). The van der Waals surface area contributed by atoms with Gasteiger partial charge in [0.15, 0.2) is 23.1 Å². The topological polar surface area (TPSA) is 110 Å². The van der Waals surface area contributed by atoms with Crippen molar-refractivity contribution in [3.8, 4) is 11.4 Å². The van der Waals surface area contributed by atoms with Crippen molar-refractivity contribution in [3.63, 3.8) is 0 Å². The smallest absolute Gasteiger partial charge is 0.289 e. The van der Waals surface area contributed by atoms with E-state index in [0.29, 0.717) is 10.7 Å². The molecular weight excluding hydrogens is 274 g/mol. The standard InChI is InChI=1S/C11H8F2N4O3/c12-6-2-1-5(3-7(6)13)17-9(19)4-8(18)10(16-17)11(20)15-14/h1-4,18H,14H2,(H,15,20). The van der Waals surface area contributed by atoms with Gasteiger partial charge < -0.3 is 5.11 Å². The van der Waals surface area contributed by atoms with Crippen LogP contribution in [0, 0.1) is 11.6 Å². The van der Waals surface area contributed by atoms with Crippen molar-refractivity contribution in [2.75, 3.05) is 0 Å². The van der Waals surface area contributed by atoms with Crippen LogP contribution in [0.15, 0.2) is 29.1 Å². The molecule has 7 nitrogen and oxygen atoms in total. The minimum atomic E-state index is -1.19. The number of aromatic hydroxyl groups is 1. The van der Waals surface area contributed by atoms with E-state index >= 15 is 0 Å². The zero-order chi connectivity index (χ0) is 14.9. The highest BCUT2D eigenvalue weighted by atomic mass is 19.2. The lowest BCUT2D eigenvalue weighted by atomic mass is 10.3. The van der Waals surface area contributed by atoms with Gasteiger partial charge in [-0.25, -0.2) is 14.6 Å². The zero-order valence-corrected chi connectivity index (χ0v) is 9.80. The molecule has 0 atom stereocenters. The molecule has 0 saturated heterocycles. The fraction of sp³-hybridized carbons (Fsp3) is 0. The van der Waals surface area contributed by atoms with Crippen molar-refractivity contribution in [1.29, 1.82) is 0 Å². The summed E-state index contributed by atoms with van der Waals surface area (Å²) in [6.07, 6.45) is 0. The van der Waals surface area contributed by atoms with Crippen LogP contribution in [0.25, 0.3) is 5.69 Å². The first-order valence-electron chi connectivity index (χ1n) is 5.23. The summed E-state index contributed by atoms with van der Waals surface area (Å²) in [7, 11) is 0. The van der Waals surface area contributed by atoms with E-state index in [1.54, 1.807) is 5.43 Å². The van der Waals surface area contributed by atoms with Crippen molar-refractivity contribution >= 4 is 5.91 Å². The monoisotopic (exact) mass is 282 g/mol. The molecule has 9 heteroatoms. The summed E-state index contributed by atoms with van der Waals surface area (Å²) < 4.78 is 26.6. The molecule has 2 aromatic rings. The van der Waals surface area contributed by atoms with E-state index in [2.05, 4.69) is 5.10 Å². The highest BCUT2D eigenvalue weighted by Gasteiger charge is 2.16. The number of hydrogen-bond acceptors (Lipinski definition) is 5. The van der Waals surface area contributed by atoms with Gasteiger partial charge in [0.25, 0.3) is 11.5 Å². The maximum absolute atomic E-state index is 13.1. The lowest BCUT2D eigenvalue weighted by molar-refractivity contribution is 0.0943. The SMILES string of the molecule is NNC(=O)c1nn(-c2ccc(F)c(F)c2)c(=O)cc1O. The number of nitrogens with one attached hydrogen (secondary N) is 1. The molecule has 104 valence electrons. The number of nitrogens with two attached hydrogens (primary N) is 1. The average Bonchev–Trinajstić information content (AvgIpc) is 2.41. The summed E-state index contributed by atoms with van der Waals surface area (Å²) >= 11 is 0. The van der Waals surface area contributed by atoms with E-state index in [1.807, 2.05) is 0 Å². The number of rotatable bonds is 2. The molecule has 0 fully saturated rings. The second-order valence-electron chi connectivity index (χ2n) is 3.70. The van der Waals surface area contributed by atoms with Crippen LogP contribution in [0.1, 0.15) is 10.5 Å². The Morgan fingerprint density at radius 2 is 2.00 bits per heavy atom. The minimum absolute atomic E-state index is 0.111. The number of carbonyl (C=O) groups excluding carboxylic acids is 1. The number of hydrazine groups is 1. The molecule has 0 saturated carbocycles. The lowest BCUT2D eigenvalue weighted by Crippen LogP contribution is -2.33. The third kappa shape index (κ3) is 2.34. The first kappa shape index (κ1) is 13.6. The summed E-state index contributed by atoms with van der Waals surface area (Å²) in [5.41, 5.74) is 0.257. The summed E-state index contributed by atoms with van der Waals surface area (Å²) in [6.45, 7) is 0. The van der Waals surface area contributed by atoms with Crippen LogP contribution in [0.2, 0.25) is 0 Å². The van der Waals surface area contributed by atoms with Crippen molar-refractivity contribution < 1.29 is 18.7 Å². The van der Waals surface area contributed by atoms with Crippen LogP contribution in [0.3, 0.4) is 0 Å². The van der Waals surface area contributed by atoms with Crippen molar-refractivity contribution in [2.24, 2.45) is 5.84 Å². The predicted octanol–water partition coefficient (Wildman–Crippen LogP) is -0.180. The number of benzene rings is 1. The fourth-order valence-electron chi connectivity index (χ4n) is 1.48. The van der Waals surface area contributed by atoms with Crippen LogP contribution in [-0.4, -0.2) is 20.8 Å². The van der Waals surface area contributed by atoms with Gasteiger partial charge in [-0.15, -0.1) is 0 Å². The second-order valence-corrected chi connectivity index (χ2v) is 3.70. The molecule has 0 aliphatic rings. The van der Waals surface area contributed by atoms with Crippen molar-refractivity contribution in [1.82, 2.24) is 15.2 Å². The van der Waals surface area contributed by atoms with Crippen LogP contribution in [0.5, 0.6) is 5.75 Å². The third-order valence-electron chi connectivity index (χ3n) is 2.41. The third-order valence-corrected chi connectivity index (χ3v) is 2.41. The number of carbonyl (C=O) groups is 1. The molecule has 4 N–H and O–H groups in total. The van der Waals surface area contributed by atoms with E-state index in [-0.39, 0.29) is 5.69 Å². The van der Waals surface area contributed by atoms with Gasteiger partial charge >= 0.3 is 0 Å². The number of hydrogen-bond donors (Lipinski definition) is 3. The quantitative estimate of drug-likeness (QED) is 0.402. The highest BCUT2D eigenvalue weighted by Crippen LogP contribution is 2.14. The molecule has 0 aliphatic heterocycles. The molecular formula is C11H8F2N4O3. The van der Waals surface area contributed by atoms with E-state index in [9.17, 15) is 23.5 Å². The van der Waals surface area contributed by atoms with E-state index < -0.39 is 34.5 Å². The van der Waals surface area contributed by atoms with Gasteiger partial charge in [0.1, 0.15) is 0 Å². The van der Waals surface area contributed by atoms with Gasteiger partial charge in [0.05, 0.1) is 5.69 Å². The van der Waals surface area contributed by atoms with Gasteiger partial charge in [-0.05, 0) is 12.1 Å². The molecule has 1 amide bonds. The Bertz CT molecular complexity index is 745. The Balaban J connectivity index is 2.64. The highest BCUT2D eigenvalue weighted by molar-refractivity contribution is 5.94. The predicted molar refractivity (Wildman–Crippen MR) is 63.1 cm³/mol. The lowest BCUT2D eigenvalue weighted by Gasteiger charge is -2.08. The molecule has 1 aromatic carbocycles. The van der Waals surface area contributed by atoms with Gasteiger partial charge in [-0.1, -0.05) is 0 Å². The van der Waals surface area contributed by atoms with E-state index in [0.717, 1.165) is 18.2 Å². The van der Waals surface area contributed by atoms with E-state index in [1.165, 1.54) is 0 Å². The molecule has 0 aliphatic carbocycles. The molecule has 0 unspecified atom stereocenters. The molecule has 1 aromatic heterocycles. The maximum Gasteiger partial charge on any atom is 0.289 e. The largest absolute Gasteiger partial charge is 0.505 e. The molecule has 0 radical (unpaired) electrons. The first-order valence-corrected chi connectivity index (χ1v) is 5.23. The molecule has 0 bridgehead atoms. The van der Waals surface area contributed by atoms with Gasteiger partial charge in [-0.3, -0.25) is 15.0 Å². The minimum Gasteiger partial charge on any atom is -0.505 e. The number of aromatic nitrogens is 2. The fourth-order valence-corrected chi connectivity index (χ4v) is 1.48. The average molecular weight is 282 g/mol. The molecule has 0 spiro atoms. The maximum atomic E-state index is 13.1. The van der Waals surface area contributed by atoms with Crippen LogP contribution < -0.4 is 16.8 Å². The summed E-state index contributed by atoms with van der Waals surface area (Å²) in [6, 6.07) is 3.33. The zero-order valence-electron chi connectivity index (χ0n) is 9.80. The van der Waals surface area contributed by atoms with Gasteiger partial charge in [-0.2, -0.15) is 9.78 Å². The number of halogens is 2. The van der Waals surface area contributed by atoms with Crippen LogP contribution in [0.4, 0.5) is 8.78 Å². The number of amides is 1. The van der Waals surface area contributed by atoms with Crippen LogP contribution in [-0.2, 0) is 0 Å². The van der Waals surface area contributed by atoms with Gasteiger partial charge in [0.2, 0.25) is 0 Å². The number of nitrogen functional groups attached to an aromatic ring is 1. The Morgan fingerprint density at radius 3 is 2.60 bits per heavy atom. The van der Waals surface area contributed by atoms with Crippen molar-refractivity contribution in [3.05, 3.63) is 51.9 Å². The summed E-state index contributed by atoms with van der Waals surface area (Å²) in [4.78, 5) is 23.0. The van der Waals surface area contributed by atoms with E-state index in [4.69, 9.17) is 5.84 Å². The first-order chi connectivity index (χ1) is 9.43.